The van der Waals surface area contributed by atoms with Crippen molar-refractivity contribution in [3.05, 3.63) is 47.5 Å². The number of aromatic nitrogens is 3. The Morgan fingerprint density at radius 1 is 1.38 bits per heavy atom. The Morgan fingerprint density at radius 2 is 2.19 bits per heavy atom. The van der Waals surface area contributed by atoms with Crippen molar-refractivity contribution in [3.8, 4) is 0 Å². The molecule has 0 spiro atoms. The Kier molecular flexibility index (Phi) is 3.99. The number of amides is 1. The number of benzene rings is 1. The van der Waals surface area contributed by atoms with Gasteiger partial charge in [-0.25, -0.2) is 4.98 Å². The van der Waals surface area contributed by atoms with Crippen molar-refractivity contribution >= 4 is 5.91 Å². The molecule has 5 nitrogen and oxygen atoms in total. The van der Waals surface area contributed by atoms with Crippen LogP contribution in [0, 0.1) is 6.92 Å². The molecule has 0 bridgehead atoms. The number of carbonyl (C=O) groups is 1. The number of aromatic amines is 1. The standard InChI is InChI=1S/C16H20N4O/c1-12-17-16(19-18-12)14-8-5-11-20(14)15(21)10-9-13-6-3-2-4-7-13/h2-4,6-7,14H,5,8-11H2,1H3,(H,17,18,19). The second kappa shape index (κ2) is 6.08. The lowest BCUT2D eigenvalue weighted by Crippen LogP contribution is -2.31. The molecule has 1 atom stereocenters. The van der Waals surface area contributed by atoms with E-state index in [2.05, 4.69) is 27.3 Å². The molecular formula is C16H20N4O. The average molecular weight is 284 g/mol. The normalized spacial score (nSPS) is 18.1. The fraction of sp³-hybridized carbons (Fsp3) is 0.438. The zero-order chi connectivity index (χ0) is 14.7. The van der Waals surface area contributed by atoms with Crippen LogP contribution in [0.25, 0.3) is 0 Å². The highest BCUT2D eigenvalue weighted by Gasteiger charge is 2.32. The van der Waals surface area contributed by atoms with E-state index in [1.165, 1.54) is 5.56 Å². The molecule has 2 heterocycles. The van der Waals surface area contributed by atoms with Gasteiger partial charge in [0, 0.05) is 13.0 Å². The van der Waals surface area contributed by atoms with Crippen molar-refractivity contribution in [2.75, 3.05) is 6.54 Å². The van der Waals surface area contributed by atoms with Crippen LogP contribution < -0.4 is 0 Å². The molecule has 1 N–H and O–H groups in total. The van der Waals surface area contributed by atoms with Gasteiger partial charge in [-0.05, 0) is 31.7 Å². The van der Waals surface area contributed by atoms with Gasteiger partial charge in [-0.1, -0.05) is 30.3 Å². The van der Waals surface area contributed by atoms with Gasteiger partial charge >= 0.3 is 0 Å². The van der Waals surface area contributed by atoms with E-state index in [0.717, 1.165) is 37.5 Å². The molecular weight excluding hydrogens is 264 g/mol. The minimum absolute atomic E-state index is 0.0400. The van der Waals surface area contributed by atoms with Crippen molar-refractivity contribution in [2.45, 2.75) is 38.6 Å². The summed E-state index contributed by atoms with van der Waals surface area (Å²) in [5.74, 6) is 1.75. The van der Waals surface area contributed by atoms with Crippen LogP contribution >= 0.6 is 0 Å². The minimum atomic E-state index is 0.0400. The minimum Gasteiger partial charge on any atom is -0.332 e. The molecule has 1 aliphatic rings. The molecule has 1 unspecified atom stereocenters. The zero-order valence-electron chi connectivity index (χ0n) is 12.2. The summed E-state index contributed by atoms with van der Waals surface area (Å²) in [5.41, 5.74) is 1.20. The first-order valence-corrected chi connectivity index (χ1v) is 7.46. The van der Waals surface area contributed by atoms with Gasteiger partial charge in [0.05, 0.1) is 6.04 Å². The molecule has 3 rings (SSSR count). The van der Waals surface area contributed by atoms with E-state index in [1.807, 2.05) is 30.0 Å². The number of nitrogens with one attached hydrogen (secondary N) is 1. The maximum Gasteiger partial charge on any atom is 0.223 e. The van der Waals surface area contributed by atoms with Crippen LogP contribution in [-0.4, -0.2) is 32.5 Å². The number of carbonyl (C=O) groups excluding carboxylic acids is 1. The van der Waals surface area contributed by atoms with Crippen molar-refractivity contribution < 1.29 is 4.79 Å². The van der Waals surface area contributed by atoms with Gasteiger partial charge in [-0.3, -0.25) is 9.89 Å². The summed E-state index contributed by atoms with van der Waals surface area (Å²) in [5, 5.41) is 7.08. The molecule has 1 aromatic heterocycles. The summed E-state index contributed by atoms with van der Waals surface area (Å²) in [7, 11) is 0. The Bertz CT molecular complexity index is 608. The lowest BCUT2D eigenvalue weighted by Gasteiger charge is -2.22. The quantitative estimate of drug-likeness (QED) is 0.937. The highest BCUT2D eigenvalue weighted by Crippen LogP contribution is 2.30. The van der Waals surface area contributed by atoms with Crippen molar-refractivity contribution in [1.82, 2.24) is 20.1 Å². The Labute approximate surface area is 124 Å². The van der Waals surface area contributed by atoms with E-state index in [0.29, 0.717) is 6.42 Å². The smallest absolute Gasteiger partial charge is 0.223 e. The Hall–Kier alpha value is -2.17. The van der Waals surface area contributed by atoms with E-state index in [1.54, 1.807) is 0 Å². The summed E-state index contributed by atoms with van der Waals surface area (Å²) in [6.07, 6.45) is 3.31. The summed E-state index contributed by atoms with van der Waals surface area (Å²) in [6.45, 7) is 2.69. The molecule has 0 saturated carbocycles. The number of aryl methyl sites for hydroxylation is 2. The van der Waals surface area contributed by atoms with Gasteiger partial charge in [0.2, 0.25) is 5.91 Å². The lowest BCUT2D eigenvalue weighted by atomic mass is 10.1. The fourth-order valence-electron chi connectivity index (χ4n) is 2.88. The number of rotatable bonds is 4. The van der Waals surface area contributed by atoms with Gasteiger partial charge in [0.15, 0.2) is 5.82 Å². The van der Waals surface area contributed by atoms with E-state index in [9.17, 15) is 4.79 Å². The predicted octanol–water partition coefficient (Wildman–Crippen LogP) is 2.41. The Morgan fingerprint density at radius 3 is 2.90 bits per heavy atom. The van der Waals surface area contributed by atoms with Crippen LogP contribution in [0.4, 0.5) is 0 Å². The monoisotopic (exact) mass is 284 g/mol. The van der Waals surface area contributed by atoms with Crippen molar-refractivity contribution in [1.29, 1.82) is 0 Å². The molecule has 0 aliphatic carbocycles. The third kappa shape index (κ3) is 3.12. The van der Waals surface area contributed by atoms with Gasteiger partial charge in [0.25, 0.3) is 0 Å². The predicted molar refractivity (Wildman–Crippen MR) is 79.6 cm³/mol. The number of hydrogen-bond acceptors (Lipinski definition) is 3. The van der Waals surface area contributed by atoms with Crippen molar-refractivity contribution in [2.24, 2.45) is 0 Å². The van der Waals surface area contributed by atoms with Gasteiger partial charge in [-0.15, -0.1) is 0 Å². The maximum atomic E-state index is 12.5. The van der Waals surface area contributed by atoms with Crippen LogP contribution in [0.1, 0.15) is 42.5 Å². The van der Waals surface area contributed by atoms with Gasteiger partial charge in [0.1, 0.15) is 5.82 Å². The molecule has 1 aromatic carbocycles. The van der Waals surface area contributed by atoms with Crippen LogP contribution in [0.3, 0.4) is 0 Å². The van der Waals surface area contributed by atoms with Crippen molar-refractivity contribution in [3.63, 3.8) is 0 Å². The molecule has 110 valence electrons. The molecule has 21 heavy (non-hydrogen) atoms. The molecule has 1 amide bonds. The molecule has 1 aliphatic heterocycles. The largest absolute Gasteiger partial charge is 0.332 e. The number of H-pyrrole nitrogens is 1. The zero-order valence-corrected chi connectivity index (χ0v) is 12.2. The highest BCUT2D eigenvalue weighted by molar-refractivity contribution is 5.77. The first-order valence-electron chi connectivity index (χ1n) is 7.46. The summed E-state index contributed by atoms with van der Waals surface area (Å²) >= 11 is 0. The number of likely N-dealkylation sites (tertiary alicyclic amines) is 1. The van der Waals surface area contributed by atoms with E-state index < -0.39 is 0 Å². The highest BCUT2D eigenvalue weighted by atomic mass is 16.2. The second-order valence-electron chi connectivity index (χ2n) is 5.51. The SMILES string of the molecule is Cc1nc(C2CCCN2C(=O)CCc2ccccc2)n[nH]1. The molecule has 2 aromatic rings. The average Bonchev–Trinajstić information content (AvgIpc) is 3.14. The number of nitrogens with zero attached hydrogens (tertiary/aromatic N) is 3. The van der Waals surface area contributed by atoms with Crippen LogP contribution in [0.15, 0.2) is 30.3 Å². The molecule has 5 heteroatoms. The first kappa shape index (κ1) is 13.8. The summed E-state index contributed by atoms with van der Waals surface area (Å²) < 4.78 is 0. The van der Waals surface area contributed by atoms with Crippen LogP contribution in [-0.2, 0) is 11.2 Å². The summed E-state index contributed by atoms with van der Waals surface area (Å²) in [6, 6.07) is 10.2. The summed E-state index contributed by atoms with van der Waals surface area (Å²) in [4.78, 5) is 18.8. The van der Waals surface area contributed by atoms with Crippen LogP contribution in [0.5, 0.6) is 0 Å². The topological polar surface area (TPSA) is 61.9 Å². The van der Waals surface area contributed by atoms with E-state index in [4.69, 9.17) is 0 Å². The molecule has 0 radical (unpaired) electrons. The van der Waals surface area contributed by atoms with E-state index >= 15 is 0 Å². The lowest BCUT2D eigenvalue weighted by molar-refractivity contribution is -0.132. The maximum absolute atomic E-state index is 12.5. The number of hydrogen-bond donors (Lipinski definition) is 1. The molecule has 1 saturated heterocycles. The van der Waals surface area contributed by atoms with Gasteiger partial charge in [-0.2, -0.15) is 5.10 Å². The van der Waals surface area contributed by atoms with Crippen LogP contribution in [0.2, 0.25) is 0 Å². The Balaban J connectivity index is 1.63. The van der Waals surface area contributed by atoms with Gasteiger partial charge < -0.3 is 4.90 Å². The molecule has 1 fully saturated rings. The fourth-order valence-corrected chi connectivity index (χ4v) is 2.88. The third-order valence-corrected chi connectivity index (χ3v) is 3.96. The van der Waals surface area contributed by atoms with E-state index in [-0.39, 0.29) is 11.9 Å². The third-order valence-electron chi connectivity index (χ3n) is 3.96. The second-order valence-corrected chi connectivity index (χ2v) is 5.51. The first-order chi connectivity index (χ1) is 10.2.